The number of pyridine rings is 1. The Morgan fingerprint density at radius 1 is 1.19 bits per heavy atom. The molecule has 4 aromatic rings. The van der Waals surface area contributed by atoms with Crippen molar-refractivity contribution < 1.29 is 9.53 Å². The van der Waals surface area contributed by atoms with E-state index in [0.29, 0.717) is 30.2 Å². The van der Waals surface area contributed by atoms with Crippen molar-refractivity contribution in [2.45, 2.75) is 13.5 Å². The minimum Gasteiger partial charge on any atom is -0.462 e. The molecule has 0 atom stereocenters. The van der Waals surface area contributed by atoms with Crippen LogP contribution in [0.1, 0.15) is 22.8 Å². The van der Waals surface area contributed by atoms with Crippen LogP contribution in [-0.2, 0) is 11.3 Å². The number of benzene rings is 2. The molecule has 0 aliphatic heterocycles. The Morgan fingerprint density at radius 2 is 2.04 bits per heavy atom. The molecule has 0 amide bonds. The second-order valence-corrected chi connectivity index (χ2v) is 5.97. The highest BCUT2D eigenvalue weighted by molar-refractivity contribution is 5.94. The maximum absolute atomic E-state index is 11.9. The topological polar surface area (TPSA) is 83.0 Å². The molecule has 2 N–H and O–H groups in total. The lowest BCUT2D eigenvalue weighted by Crippen LogP contribution is -2.06. The zero-order chi connectivity index (χ0) is 18.1. The number of fused-ring (bicyclic) bond motifs is 2. The number of anilines is 1. The van der Waals surface area contributed by atoms with Gasteiger partial charge in [-0.05, 0) is 36.8 Å². The summed E-state index contributed by atoms with van der Waals surface area (Å²) in [6.45, 7) is 2.67. The summed E-state index contributed by atoms with van der Waals surface area (Å²) in [6.07, 6.45) is 1.78. The van der Waals surface area contributed by atoms with Crippen molar-refractivity contribution in [1.82, 2.24) is 14.5 Å². The molecule has 2 aromatic carbocycles. The average molecular weight is 346 g/mol. The molecule has 2 heterocycles. The van der Waals surface area contributed by atoms with Gasteiger partial charge in [-0.15, -0.1) is 0 Å². The Balaban J connectivity index is 1.77. The molecular weight excluding hydrogens is 328 g/mol. The minimum atomic E-state index is -0.360. The number of para-hydroxylation sites is 1. The Labute approximate surface area is 150 Å². The van der Waals surface area contributed by atoms with E-state index in [-0.39, 0.29) is 5.97 Å². The van der Waals surface area contributed by atoms with Crippen molar-refractivity contribution in [3.05, 3.63) is 65.9 Å². The van der Waals surface area contributed by atoms with E-state index in [0.717, 1.165) is 22.0 Å². The number of nitrogens with zero attached hydrogens (tertiary/aromatic N) is 3. The number of esters is 1. The smallest absolute Gasteiger partial charge is 0.338 e. The average Bonchev–Trinajstić information content (AvgIpc) is 2.97. The van der Waals surface area contributed by atoms with E-state index in [4.69, 9.17) is 10.5 Å². The molecule has 4 rings (SSSR count). The molecule has 26 heavy (non-hydrogen) atoms. The molecule has 0 unspecified atom stereocenters. The van der Waals surface area contributed by atoms with Crippen molar-refractivity contribution in [2.24, 2.45) is 0 Å². The van der Waals surface area contributed by atoms with Gasteiger partial charge in [0, 0.05) is 11.6 Å². The van der Waals surface area contributed by atoms with Gasteiger partial charge in [0.1, 0.15) is 0 Å². The normalized spacial score (nSPS) is 11.1. The van der Waals surface area contributed by atoms with Crippen molar-refractivity contribution >= 4 is 33.9 Å². The molecule has 2 aromatic heterocycles. The molecule has 0 aliphatic rings. The number of nitrogens with two attached hydrogens (primary N) is 1. The number of rotatable bonds is 4. The fourth-order valence-electron chi connectivity index (χ4n) is 3.12. The molecule has 0 saturated carbocycles. The summed E-state index contributed by atoms with van der Waals surface area (Å²) >= 11 is 0. The highest BCUT2D eigenvalue weighted by Crippen LogP contribution is 2.24. The predicted octanol–water partition coefficient (Wildman–Crippen LogP) is 3.39. The van der Waals surface area contributed by atoms with Crippen LogP contribution in [0.25, 0.3) is 21.9 Å². The van der Waals surface area contributed by atoms with Gasteiger partial charge in [-0.1, -0.05) is 24.3 Å². The van der Waals surface area contributed by atoms with Crippen LogP contribution >= 0.6 is 0 Å². The van der Waals surface area contributed by atoms with Crippen LogP contribution < -0.4 is 5.73 Å². The Bertz CT molecular complexity index is 1110. The molecule has 0 saturated heterocycles. The molecule has 130 valence electrons. The van der Waals surface area contributed by atoms with Gasteiger partial charge < -0.3 is 15.0 Å². The first kappa shape index (κ1) is 16.1. The maximum Gasteiger partial charge on any atom is 0.338 e. The minimum absolute atomic E-state index is 0.335. The first-order valence-electron chi connectivity index (χ1n) is 8.43. The van der Waals surface area contributed by atoms with Gasteiger partial charge in [-0.25, -0.2) is 9.78 Å². The van der Waals surface area contributed by atoms with E-state index in [1.165, 1.54) is 0 Å². The molecular formula is C20H18N4O2. The highest BCUT2D eigenvalue weighted by Gasteiger charge is 2.14. The largest absolute Gasteiger partial charge is 0.462 e. The van der Waals surface area contributed by atoms with Crippen LogP contribution in [0.3, 0.4) is 0 Å². The third-order valence-electron chi connectivity index (χ3n) is 4.33. The van der Waals surface area contributed by atoms with Crippen molar-refractivity contribution in [2.75, 3.05) is 12.3 Å². The van der Waals surface area contributed by atoms with Gasteiger partial charge in [0.05, 0.1) is 35.3 Å². The van der Waals surface area contributed by atoms with Crippen LogP contribution in [0.5, 0.6) is 0 Å². The van der Waals surface area contributed by atoms with Crippen LogP contribution in [0.15, 0.2) is 54.7 Å². The van der Waals surface area contributed by atoms with E-state index in [2.05, 4.69) is 9.97 Å². The summed E-state index contributed by atoms with van der Waals surface area (Å²) in [6, 6.07) is 15.3. The second kappa shape index (κ2) is 6.48. The van der Waals surface area contributed by atoms with Crippen molar-refractivity contribution in [1.29, 1.82) is 0 Å². The molecule has 0 spiro atoms. The van der Waals surface area contributed by atoms with Crippen molar-refractivity contribution in [3.8, 4) is 0 Å². The number of aromatic nitrogens is 3. The lowest BCUT2D eigenvalue weighted by Gasteiger charge is -2.09. The quantitative estimate of drug-likeness (QED) is 0.573. The van der Waals surface area contributed by atoms with E-state index in [1.54, 1.807) is 25.3 Å². The number of carbonyl (C=O) groups is 1. The summed E-state index contributed by atoms with van der Waals surface area (Å²) in [5.74, 6) is 0.0368. The van der Waals surface area contributed by atoms with E-state index >= 15 is 0 Å². The Kier molecular flexibility index (Phi) is 4.01. The molecule has 0 radical (unpaired) electrons. The standard InChI is InChI=1S/C20H18N4O2/c1-2-26-19(25)14-8-9-17-16(11-14)23-20(21)24(17)12-15-6-3-5-13-7-4-10-22-18(13)15/h3-11H,2,12H2,1H3,(H2,21,23). The maximum atomic E-state index is 11.9. The summed E-state index contributed by atoms with van der Waals surface area (Å²) < 4.78 is 6.97. The van der Waals surface area contributed by atoms with Gasteiger partial charge in [-0.2, -0.15) is 0 Å². The zero-order valence-electron chi connectivity index (χ0n) is 14.3. The first-order chi connectivity index (χ1) is 12.7. The fraction of sp³-hybridized carbons (Fsp3) is 0.150. The zero-order valence-corrected chi connectivity index (χ0v) is 14.3. The SMILES string of the molecule is CCOC(=O)c1ccc2c(c1)nc(N)n2Cc1cccc2cccnc12. The monoisotopic (exact) mass is 346 g/mol. The molecule has 6 nitrogen and oxygen atoms in total. The number of imidazole rings is 1. The van der Waals surface area contributed by atoms with Crippen LogP contribution in [0.4, 0.5) is 5.95 Å². The van der Waals surface area contributed by atoms with E-state index < -0.39 is 0 Å². The number of hydrogen-bond donors (Lipinski definition) is 1. The fourth-order valence-corrected chi connectivity index (χ4v) is 3.12. The van der Waals surface area contributed by atoms with Gasteiger partial charge in [0.15, 0.2) is 0 Å². The summed E-state index contributed by atoms with van der Waals surface area (Å²) in [5, 5.41) is 1.08. The van der Waals surface area contributed by atoms with Crippen LogP contribution in [-0.4, -0.2) is 27.1 Å². The molecule has 0 bridgehead atoms. The number of ether oxygens (including phenoxy) is 1. The number of nitrogen functional groups attached to an aromatic ring is 1. The third kappa shape index (κ3) is 2.75. The van der Waals surface area contributed by atoms with Gasteiger partial charge in [-0.3, -0.25) is 4.98 Å². The predicted molar refractivity (Wildman–Crippen MR) is 101 cm³/mol. The van der Waals surface area contributed by atoms with Crippen LogP contribution in [0.2, 0.25) is 0 Å². The van der Waals surface area contributed by atoms with Gasteiger partial charge >= 0.3 is 5.97 Å². The number of carbonyl (C=O) groups excluding carboxylic acids is 1. The lowest BCUT2D eigenvalue weighted by molar-refractivity contribution is 0.0526. The second-order valence-electron chi connectivity index (χ2n) is 5.97. The first-order valence-corrected chi connectivity index (χ1v) is 8.43. The van der Waals surface area contributed by atoms with E-state index in [1.807, 2.05) is 41.0 Å². The summed E-state index contributed by atoms with van der Waals surface area (Å²) in [5.41, 5.74) is 10.1. The van der Waals surface area contributed by atoms with E-state index in [9.17, 15) is 4.79 Å². The Morgan fingerprint density at radius 3 is 2.88 bits per heavy atom. The highest BCUT2D eigenvalue weighted by atomic mass is 16.5. The summed E-state index contributed by atoms with van der Waals surface area (Å²) in [7, 11) is 0. The van der Waals surface area contributed by atoms with Crippen LogP contribution in [0, 0.1) is 0 Å². The lowest BCUT2D eigenvalue weighted by atomic mass is 10.1. The van der Waals surface area contributed by atoms with Gasteiger partial charge in [0.2, 0.25) is 5.95 Å². The van der Waals surface area contributed by atoms with Crippen molar-refractivity contribution in [3.63, 3.8) is 0 Å². The Hall–Kier alpha value is -3.41. The van der Waals surface area contributed by atoms with Gasteiger partial charge in [0.25, 0.3) is 0 Å². The molecule has 6 heteroatoms. The molecule has 0 fully saturated rings. The number of hydrogen-bond acceptors (Lipinski definition) is 5. The third-order valence-corrected chi connectivity index (χ3v) is 4.33. The molecule has 0 aliphatic carbocycles. The summed E-state index contributed by atoms with van der Waals surface area (Å²) in [4.78, 5) is 20.8.